The third kappa shape index (κ3) is 6.92. The van der Waals surface area contributed by atoms with Crippen LogP contribution in [0.4, 0.5) is 0 Å². The van der Waals surface area contributed by atoms with E-state index in [9.17, 15) is 0 Å². The van der Waals surface area contributed by atoms with Gasteiger partial charge in [-0.1, -0.05) is 19.8 Å². The Morgan fingerprint density at radius 2 is 1.82 bits per heavy atom. The van der Waals surface area contributed by atoms with Crippen molar-refractivity contribution in [1.82, 2.24) is 0 Å². The fourth-order valence-electron chi connectivity index (χ4n) is 0.849. The first-order chi connectivity index (χ1) is 5.12. The first-order valence-corrected chi connectivity index (χ1v) is 4.86. The first-order valence-electron chi connectivity index (χ1n) is 4.11. The molecule has 1 N–H and O–H groups in total. The molecule has 0 saturated carbocycles. The van der Waals surface area contributed by atoms with Gasteiger partial charge < -0.3 is 5.11 Å². The largest absolute Gasteiger partial charge is 0.396 e. The molecule has 0 rings (SSSR count). The summed E-state index contributed by atoms with van der Waals surface area (Å²) in [5, 5.41) is 8.49. The Hall–Kier alpha value is 0.540. The zero-order valence-electron chi connectivity index (χ0n) is 6.95. The molecule has 0 atom stereocenters. The minimum Gasteiger partial charge on any atom is -0.396 e. The summed E-state index contributed by atoms with van der Waals surface area (Å²) in [6.07, 6.45) is 4.48. The molecule has 0 aliphatic carbocycles. The minimum absolute atomic E-state index is 0.268. The van der Waals surface area contributed by atoms with E-state index in [-0.39, 0.29) is 6.61 Å². The van der Waals surface area contributed by atoms with Gasteiger partial charge in [-0.15, -0.1) is 23.2 Å². The zero-order chi connectivity index (χ0) is 8.74. The summed E-state index contributed by atoms with van der Waals surface area (Å²) in [6, 6.07) is 0. The highest BCUT2D eigenvalue weighted by molar-refractivity contribution is 6.48. The number of hydrogen-bond donors (Lipinski definition) is 1. The summed E-state index contributed by atoms with van der Waals surface area (Å²) < 4.78 is -0.546. The van der Waals surface area contributed by atoms with Gasteiger partial charge in [0.2, 0.25) is 0 Å². The van der Waals surface area contributed by atoms with Crippen LogP contribution in [0.2, 0.25) is 0 Å². The van der Waals surface area contributed by atoms with Gasteiger partial charge in [-0.2, -0.15) is 0 Å². The maximum Gasteiger partial charge on any atom is 0.118 e. The molecular weight excluding hydrogens is 183 g/mol. The van der Waals surface area contributed by atoms with E-state index in [4.69, 9.17) is 28.3 Å². The third-order valence-corrected chi connectivity index (χ3v) is 2.63. The molecule has 0 spiro atoms. The van der Waals surface area contributed by atoms with Crippen molar-refractivity contribution in [1.29, 1.82) is 0 Å². The van der Waals surface area contributed by atoms with E-state index < -0.39 is 4.33 Å². The molecule has 3 heteroatoms. The fraction of sp³-hybridized carbons (Fsp3) is 1.00. The number of hydrogen-bond acceptors (Lipinski definition) is 1. The highest BCUT2D eigenvalue weighted by Gasteiger charge is 2.19. The lowest BCUT2D eigenvalue weighted by atomic mass is 10.1. The zero-order valence-corrected chi connectivity index (χ0v) is 8.46. The second-order valence-electron chi connectivity index (χ2n) is 2.74. The van der Waals surface area contributed by atoms with Crippen molar-refractivity contribution < 1.29 is 5.11 Å². The molecule has 0 radical (unpaired) electrons. The third-order valence-electron chi connectivity index (χ3n) is 1.72. The number of aliphatic hydroxyl groups is 1. The molecule has 11 heavy (non-hydrogen) atoms. The van der Waals surface area contributed by atoms with Gasteiger partial charge in [0.25, 0.3) is 0 Å². The van der Waals surface area contributed by atoms with Crippen LogP contribution in [0, 0.1) is 0 Å². The number of rotatable bonds is 6. The predicted molar refractivity (Wildman–Crippen MR) is 50.3 cm³/mol. The van der Waals surface area contributed by atoms with Gasteiger partial charge in [-0.3, -0.25) is 0 Å². The Morgan fingerprint density at radius 3 is 2.27 bits per heavy atom. The van der Waals surface area contributed by atoms with Crippen LogP contribution in [0.3, 0.4) is 0 Å². The van der Waals surface area contributed by atoms with Crippen LogP contribution >= 0.6 is 23.2 Å². The molecule has 0 aliphatic heterocycles. The van der Waals surface area contributed by atoms with Gasteiger partial charge in [0.05, 0.1) is 0 Å². The molecule has 0 fully saturated rings. The Balaban J connectivity index is 3.23. The predicted octanol–water partition coefficient (Wildman–Crippen LogP) is 3.12. The van der Waals surface area contributed by atoms with Gasteiger partial charge in [0.1, 0.15) is 4.33 Å². The van der Waals surface area contributed by atoms with E-state index in [0.717, 1.165) is 32.1 Å². The van der Waals surface area contributed by atoms with E-state index in [0.29, 0.717) is 0 Å². The normalized spacial score (nSPS) is 12.0. The number of aliphatic hydroxyl groups excluding tert-OH is 1. The molecule has 0 aromatic carbocycles. The van der Waals surface area contributed by atoms with Crippen molar-refractivity contribution >= 4 is 23.2 Å². The first kappa shape index (κ1) is 11.5. The molecule has 0 unspecified atom stereocenters. The minimum atomic E-state index is -0.546. The van der Waals surface area contributed by atoms with E-state index in [1.54, 1.807) is 0 Å². The lowest BCUT2D eigenvalue weighted by Gasteiger charge is -2.16. The average Bonchev–Trinajstić information content (AvgIpc) is 1.99. The fourth-order valence-corrected chi connectivity index (χ4v) is 1.12. The van der Waals surface area contributed by atoms with Crippen LogP contribution in [-0.2, 0) is 0 Å². The maximum atomic E-state index is 8.49. The Kier molecular flexibility index (Phi) is 6.40. The van der Waals surface area contributed by atoms with Gasteiger partial charge in [-0.25, -0.2) is 0 Å². The number of halogens is 2. The summed E-state index contributed by atoms with van der Waals surface area (Å²) in [4.78, 5) is 0. The molecule has 68 valence electrons. The van der Waals surface area contributed by atoms with E-state index in [1.807, 2.05) is 6.92 Å². The topological polar surface area (TPSA) is 20.2 Å². The lowest BCUT2D eigenvalue weighted by molar-refractivity contribution is 0.282. The van der Waals surface area contributed by atoms with Gasteiger partial charge in [-0.05, 0) is 19.3 Å². The summed E-state index contributed by atoms with van der Waals surface area (Å²) in [5.74, 6) is 0. The molecule has 0 aromatic heterocycles. The smallest absolute Gasteiger partial charge is 0.118 e. The van der Waals surface area contributed by atoms with Crippen LogP contribution in [-0.4, -0.2) is 16.0 Å². The van der Waals surface area contributed by atoms with Gasteiger partial charge >= 0.3 is 0 Å². The molecule has 0 bridgehead atoms. The van der Waals surface area contributed by atoms with E-state index in [2.05, 4.69) is 0 Å². The van der Waals surface area contributed by atoms with Crippen LogP contribution < -0.4 is 0 Å². The Morgan fingerprint density at radius 1 is 1.18 bits per heavy atom. The second kappa shape index (κ2) is 6.10. The molecule has 0 aliphatic rings. The molecule has 0 aromatic rings. The maximum absolute atomic E-state index is 8.49. The molecule has 0 heterocycles. The van der Waals surface area contributed by atoms with Crippen molar-refractivity contribution in [3.8, 4) is 0 Å². The van der Waals surface area contributed by atoms with Gasteiger partial charge in [0.15, 0.2) is 0 Å². The summed E-state index contributed by atoms with van der Waals surface area (Å²) >= 11 is 11.8. The average molecular weight is 199 g/mol. The Bertz CT molecular complexity index is 94.1. The standard InChI is InChI=1S/C8H16Cl2O/c1-2-8(9,10)6-4-3-5-7-11/h11H,2-7H2,1H3. The van der Waals surface area contributed by atoms with E-state index >= 15 is 0 Å². The van der Waals surface area contributed by atoms with E-state index in [1.165, 1.54) is 0 Å². The lowest BCUT2D eigenvalue weighted by Crippen LogP contribution is -2.10. The molecule has 1 nitrogen and oxygen atoms in total. The number of unbranched alkanes of at least 4 members (excludes halogenated alkanes) is 2. The summed E-state index contributed by atoms with van der Waals surface area (Å²) in [7, 11) is 0. The van der Waals surface area contributed by atoms with Crippen LogP contribution in [0.1, 0.15) is 39.0 Å². The van der Waals surface area contributed by atoms with Crippen molar-refractivity contribution in [2.45, 2.75) is 43.4 Å². The summed E-state index contributed by atoms with van der Waals surface area (Å²) in [5.41, 5.74) is 0. The summed E-state index contributed by atoms with van der Waals surface area (Å²) in [6.45, 7) is 2.25. The van der Waals surface area contributed by atoms with Crippen LogP contribution in [0.25, 0.3) is 0 Å². The van der Waals surface area contributed by atoms with Crippen LogP contribution in [0.5, 0.6) is 0 Å². The highest BCUT2D eigenvalue weighted by Crippen LogP contribution is 2.30. The van der Waals surface area contributed by atoms with Crippen molar-refractivity contribution in [3.05, 3.63) is 0 Å². The molecule has 0 amide bonds. The monoisotopic (exact) mass is 198 g/mol. The second-order valence-corrected chi connectivity index (χ2v) is 4.38. The van der Waals surface area contributed by atoms with Gasteiger partial charge in [0, 0.05) is 6.61 Å². The Labute approximate surface area is 78.7 Å². The number of alkyl halides is 2. The molecular formula is C8H16Cl2O. The highest BCUT2D eigenvalue weighted by atomic mass is 35.5. The SMILES string of the molecule is CCC(Cl)(Cl)CCCCCO. The quantitative estimate of drug-likeness (QED) is 0.514. The van der Waals surface area contributed by atoms with Crippen LogP contribution in [0.15, 0.2) is 0 Å². The molecule has 0 saturated heterocycles. The van der Waals surface area contributed by atoms with Crippen molar-refractivity contribution in [2.75, 3.05) is 6.61 Å². The van der Waals surface area contributed by atoms with Crippen molar-refractivity contribution in [2.24, 2.45) is 0 Å². The van der Waals surface area contributed by atoms with Crippen molar-refractivity contribution in [3.63, 3.8) is 0 Å².